The number of amides is 1. The van der Waals surface area contributed by atoms with E-state index < -0.39 is 0 Å². The molecule has 178 valence electrons. The Morgan fingerprint density at radius 3 is 2.50 bits per heavy atom. The van der Waals surface area contributed by atoms with E-state index in [1.54, 1.807) is 22.9 Å². The maximum absolute atomic E-state index is 13.1. The highest BCUT2D eigenvalue weighted by molar-refractivity contribution is 7.98. The first-order valence-corrected chi connectivity index (χ1v) is 13.0. The summed E-state index contributed by atoms with van der Waals surface area (Å²) >= 11 is 13.9. The topological polar surface area (TPSA) is 85.6 Å². The normalized spacial score (nSPS) is 13.6. The van der Waals surface area contributed by atoms with Crippen molar-refractivity contribution in [2.45, 2.75) is 56.9 Å². The van der Waals surface area contributed by atoms with Crippen LogP contribution in [0.4, 0.5) is 0 Å². The highest BCUT2D eigenvalue weighted by Gasteiger charge is 2.22. The number of carbonyl (C=O) groups is 1. The summed E-state index contributed by atoms with van der Waals surface area (Å²) in [7, 11) is 0. The molecular weight excluding hydrogens is 491 g/mol. The molecule has 0 bridgehead atoms. The van der Waals surface area contributed by atoms with Crippen LogP contribution < -0.4 is 5.32 Å². The van der Waals surface area contributed by atoms with Crippen molar-refractivity contribution in [1.82, 2.24) is 30.3 Å². The maximum atomic E-state index is 13.1. The van der Waals surface area contributed by atoms with E-state index >= 15 is 0 Å². The molecular formula is C24H26Cl2N6OS. The molecule has 0 spiro atoms. The Morgan fingerprint density at radius 1 is 1.09 bits per heavy atom. The Kier molecular flexibility index (Phi) is 8.24. The molecule has 1 aromatic carbocycles. The SMILES string of the molecule is Cc1cc(C)nc(SCc2c(C(=O)NCCC3=CCCCC3)nnn2-c2cc(Cl)cc(Cl)c2)n1. The lowest BCUT2D eigenvalue weighted by Crippen LogP contribution is -2.26. The van der Waals surface area contributed by atoms with E-state index in [1.807, 2.05) is 19.9 Å². The number of carbonyl (C=O) groups excluding carboxylic acids is 1. The lowest BCUT2D eigenvalue weighted by atomic mass is 9.97. The molecule has 0 radical (unpaired) electrons. The number of aryl methyl sites for hydroxylation is 2. The fourth-order valence-electron chi connectivity index (χ4n) is 3.92. The van der Waals surface area contributed by atoms with Crippen LogP contribution in [0.1, 0.15) is 59.7 Å². The Hall–Kier alpha value is -2.42. The molecule has 1 aliphatic carbocycles. The molecule has 1 amide bonds. The summed E-state index contributed by atoms with van der Waals surface area (Å²) in [4.78, 5) is 22.1. The number of nitrogens with one attached hydrogen (secondary N) is 1. The predicted molar refractivity (Wildman–Crippen MR) is 136 cm³/mol. The van der Waals surface area contributed by atoms with Crippen LogP contribution in [-0.4, -0.2) is 37.4 Å². The summed E-state index contributed by atoms with van der Waals surface area (Å²) < 4.78 is 1.60. The molecule has 7 nitrogen and oxygen atoms in total. The largest absolute Gasteiger partial charge is 0.350 e. The molecule has 4 rings (SSSR count). The van der Waals surface area contributed by atoms with Gasteiger partial charge in [-0.2, -0.15) is 0 Å². The number of nitrogens with zero attached hydrogens (tertiary/aromatic N) is 5. The number of allylic oxidation sites excluding steroid dienone is 1. The quantitative estimate of drug-likeness (QED) is 0.228. The summed E-state index contributed by atoms with van der Waals surface area (Å²) in [5.41, 5.74) is 4.71. The molecule has 3 aromatic rings. The van der Waals surface area contributed by atoms with Crippen molar-refractivity contribution in [2.75, 3.05) is 6.54 Å². The molecule has 1 aliphatic rings. The lowest BCUT2D eigenvalue weighted by molar-refractivity contribution is 0.0948. The number of thioether (sulfide) groups is 1. The van der Waals surface area contributed by atoms with Gasteiger partial charge < -0.3 is 5.32 Å². The minimum absolute atomic E-state index is 0.257. The van der Waals surface area contributed by atoms with Gasteiger partial charge in [0.05, 0.1) is 11.4 Å². The zero-order valence-corrected chi connectivity index (χ0v) is 21.5. The van der Waals surface area contributed by atoms with Crippen molar-refractivity contribution < 1.29 is 4.79 Å². The second kappa shape index (κ2) is 11.3. The van der Waals surface area contributed by atoms with Crippen LogP contribution in [0.15, 0.2) is 41.1 Å². The molecule has 0 saturated carbocycles. The summed E-state index contributed by atoms with van der Waals surface area (Å²) in [6.07, 6.45) is 7.85. The van der Waals surface area contributed by atoms with Crippen molar-refractivity contribution in [3.05, 3.63) is 68.7 Å². The predicted octanol–water partition coefficient (Wildman–Crippen LogP) is 5.89. The third-order valence-electron chi connectivity index (χ3n) is 5.49. The first kappa shape index (κ1) is 24.7. The van der Waals surface area contributed by atoms with Crippen LogP contribution in [-0.2, 0) is 5.75 Å². The third kappa shape index (κ3) is 6.37. The minimum Gasteiger partial charge on any atom is -0.350 e. The van der Waals surface area contributed by atoms with E-state index in [4.69, 9.17) is 23.2 Å². The van der Waals surface area contributed by atoms with Crippen LogP contribution in [0.2, 0.25) is 10.0 Å². The molecule has 2 heterocycles. The van der Waals surface area contributed by atoms with Gasteiger partial charge in [-0.15, -0.1) is 5.10 Å². The highest BCUT2D eigenvalue weighted by atomic mass is 35.5. The van der Waals surface area contributed by atoms with Crippen LogP contribution in [0, 0.1) is 13.8 Å². The van der Waals surface area contributed by atoms with Gasteiger partial charge in [0.25, 0.3) is 5.91 Å². The van der Waals surface area contributed by atoms with Gasteiger partial charge in [-0.05, 0) is 70.2 Å². The van der Waals surface area contributed by atoms with E-state index in [-0.39, 0.29) is 11.6 Å². The van der Waals surface area contributed by atoms with Gasteiger partial charge >= 0.3 is 0 Å². The summed E-state index contributed by atoms with van der Waals surface area (Å²) in [6.45, 7) is 4.42. The second-order valence-electron chi connectivity index (χ2n) is 8.26. The Balaban J connectivity index is 1.57. The summed E-state index contributed by atoms with van der Waals surface area (Å²) in [5, 5.41) is 13.0. The van der Waals surface area contributed by atoms with Crippen LogP contribution in [0.3, 0.4) is 0 Å². The van der Waals surface area contributed by atoms with E-state index in [9.17, 15) is 4.79 Å². The lowest BCUT2D eigenvalue weighted by Gasteiger charge is -2.13. The molecule has 0 aliphatic heterocycles. The molecule has 0 fully saturated rings. The van der Waals surface area contributed by atoms with Crippen molar-refractivity contribution in [2.24, 2.45) is 0 Å². The molecule has 1 N–H and O–H groups in total. The second-order valence-corrected chi connectivity index (χ2v) is 10.1. The number of halogens is 2. The minimum atomic E-state index is -0.257. The van der Waals surface area contributed by atoms with Crippen molar-refractivity contribution in [3.8, 4) is 5.69 Å². The monoisotopic (exact) mass is 516 g/mol. The number of hydrogen-bond acceptors (Lipinski definition) is 6. The van der Waals surface area contributed by atoms with Crippen LogP contribution in [0.5, 0.6) is 0 Å². The fraction of sp³-hybridized carbons (Fsp3) is 0.375. The average molecular weight is 517 g/mol. The smallest absolute Gasteiger partial charge is 0.273 e. The standard InChI is InChI=1S/C24H26Cl2N6OS/c1-15-10-16(2)29-24(28-15)34-14-21-22(23(33)27-9-8-17-6-4-3-5-7-17)30-31-32(21)20-12-18(25)11-19(26)13-20/h6,10-13H,3-5,7-9,14H2,1-2H3,(H,27,33). The molecule has 10 heteroatoms. The first-order chi connectivity index (χ1) is 16.4. The Morgan fingerprint density at radius 2 is 1.82 bits per heavy atom. The summed E-state index contributed by atoms with van der Waals surface area (Å²) in [5.74, 6) is 0.140. The zero-order valence-electron chi connectivity index (χ0n) is 19.1. The number of benzene rings is 1. The van der Waals surface area contributed by atoms with Crippen molar-refractivity contribution >= 4 is 40.9 Å². The average Bonchev–Trinajstić information content (AvgIpc) is 3.21. The Labute approximate surface area is 213 Å². The van der Waals surface area contributed by atoms with Gasteiger partial charge in [-0.1, -0.05) is 51.8 Å². The van der Waals surface area contributed by atoms with Crippen molar-refractivity contribution in [3.63, 3.8) is 0 Å². The van der Waals surface area contributed by atoms with Gasteiger partial charge in [0.15, 0.2) is 10.9 Å². The van der Waals surface area contributed by atoms with Gasteiger partial charge in [0, 0.05) is 33.7 Å². The van der Waals surface area contributed by atoms with Crippen LogP contribution >= 0.6 is 35.0 Å². The Bertz CT molecular complexity index is 1190. The highest BCUT2D eigenvalue weighted by Crippen LogP contribution is 2.27. The van der Waals surface area contributed by atoms with Gasteiger partial charge in [0.2, 0.25) is 0 Å². The molecule has 34 heavy (non-hydrogen) atoms. The van der Waals surface area contributed by atoms with E-state index in [1.165, 1.54) is 30.2 Å². The fourth-order valence-corrected chi connectivity index (χ4v) is 5.38. The van der Waals surface area contributed by atoms with Gasteiger partial charge in [-0.3, -0.25) is 4.79 Å². The molecule has 2 aromatic heterocycles. The molecule has 0 saturated heterocycles. The van der Waals surface area contributed by atoms with Gasteiger partial charge in [0.1, 0.15) is 0 Å². The number of rotatable bonds is 8. The van der Waals surface area contributed by atoms with E-state index in [0.717, 1.165) is 30.7 Å². The van der Waals surface area contributed by atoms with Gasteiger partial charge in [-0.25, -0.2) is 14.6 Å². The van der Waals surface area contributed by atoms with Crippen LogP contribution in [0.25, 0.3) is 5.69 Å². The van der Waals surface area contributed by atoms with E-state index in [2.05, 4.69) is 31.7 Å². The van der Waals surface area contributed by atoms with Crippen molar-refractivity contribution in [1.29, 1.82) is 0 Å². The molecule has 0 atom stereocenters. The first-order valence-electron chi connectivity index (χ1n) is 11.2. The molecule has 0 unspecified atom stereocenters. The zero-order chi connectivity index (χ0) is 24.1. The number of hydrogen-bond donors (Lipinski definition) is 1. The maximum Gasteiger partial charge on any atom is 0.273 e. The summed E-state index contributed by atoms with van der Waals surface area (Å²) in [6, 6.07) is 7.04. The number of aromatic nitrogens is 5. The third-order valence-corrected chi connectivity index (χ3v) is 6.78. The van der Waals surface area contributed by atoms with E-state index in [0.29, 0.717) is 38.9 Å².